The van der Waals surface area contributed by atoms with Crippen molar-refractivity contribution in [3.63, 3.8) is 0 Å². The van der Waals surface area contributed by atoms with Gasteiger partial charge < -0.3 is 19.7 Å². The van der Waals surface area contributed by atoms with Crippen molar-refractivity contribution >= 4 is 39.1 Å². The highest BCUT2D eigenvalue weighted by Crippen LogP contribution is 2.33. The Balaban J connectivity index is 1.75. The molecule has 0 unspecified atom stereocenters. The summed E-state index contributed by atoms with van der Waals surface area (Å²) in [5, 5.41) is 3.50. The number of nitrogens with zero attached hydrogens (tertiary/aromatic N) is 2. The van der Waals surface area contributed by atoms with Crippen LogP contribution in [-0.2, 0) is 26.2 Å². The number of methoxy groups -OCH3 is 1. The average Bonchev–Trinajstić information content (AvgIpc) is 3.53. The highest BCUT2D eigenvalue weighted by atomic mass is 35.5. The molecule has 0 radical (unpaired) electrons. The van der Waals surface area contributed by atoms with Crippen LogP contribution >= 0.6 is 11.6 Å². The maximum atomic E-state index is 14.4. The summed E-state index contributed by atoms with van der Waals surface area (Å²) in [5.41, 5.74) is 0.985. The van der Waals surface area contributed by atoms with E-state index in [0.717, 1.165) is 35.6 Å². The second kappa shape index (κ2) is 15.3. The second-order valence-corrected chi connectivity index (χ2v) is 12.9. The molecule has 11 heteroatoms. The molecule has 2 amide bonds. The molecule has 0 aromatic heterocycles. The third-order valence-corrected chi connectivity index (χ3v) is 9.74. The molecule has 1 fully saturated rings. The minimum atomic E-state index is -4.26. The third-order valence-electron chi connectivity index (χ3n) is 7.71. The number of para-hydroxylation sites is 2. The lowest BCUT2D eigenvalue weighted by Crippen LogP contribution is -2.53. The van der Waals surface area contributed by atoms with Crippen molar-refractivity contribution in [1.29, 1.82) is 0 Å². The molecule has 44 heavy (non-hydrogen) atoms. The van der Waals surface area contributed by atoms with Gasteiger partial charge in [0.1, 0.15) is 24.1 Å². The van der Waals surface area contributed by atoms with E-state index in [4.69, 9.17) is 21.1 Å². The van der Waals surface area contributed by atoms with Crippen LogP contribution in [0.15, 0.2) is 77.7 Å². The summed E-state index contributed by atoms with van der Waals surface area (Å²) in [6, 6.07) is 18.9. The van der Waals surface area contributed by atoms with Gasteiger partial charge in [-0.3, -0.25) is 13.9 Å². The third kappa shape index (κ3) is 8.04. The number of rotatable bonds is 14. The monoisotopic (exact) mass is 641 g/mol. The van der Waals surface area contributed by atoms with Gasteiger partial charge in [-0.05, 0) is 80.3 Å². The molecule has 1 aliphatic carbocycles. The molecule has 1 atom stereocenters. The molecule has 0 heterocycles. The van der Waals surface area contributed by atoms with E-state index in [9.17, 15) is 18.0 Å². The maximum absolute atomic E-state index is 14.4. The lowest BCUT2D eigenvalue weighted by Gasteiger charge is -2.34. The van der Waals surface area contributed by atoms with Gasteiger partial charge in [0.15, 0.2) is 0 Å². The normalized spacial score (nSPS) is 14.1. The number of benzene rings is 3. The SMILES string of the molecule is CCOc1ccccc1N(CC(=O)N(Cc1ccc(OC)cc1)[C@@H](CC)C(=O)NC1CCCC1)S(=O)(=O)c1ccc(Cl)cc1. The molecule has 0 aliphatic heterocycles. The molecule has 236 valence electrons. The van der Waals surface area contributed by atoms with Gasteiger partial charge in [-0.1, -0.05) is 55.6 Å². The van der Waals surface area contributed by atoms with E-state index in [1.54, 1.807) is 50.4 Å². The lowest BCUT2D eigenvalue weighted by molar-refractivity contribution is -0.140. The summed E-state index contributed by atoms with van der Waals surface area (Å²) < 4.78 is 40.4. The zero-order valence-corrected chi connectivity index (χ0v) is 26.9. The second-order valence-electron chi connectivity index (χ2n) is 10.7. The summed E-state index contributed by atoms with van der Waals surface area (Å²) >= 11 is 6.05. The van der Waals surface area contributed by atoms with Crippen LogP contribution in [-0.4, -0.2) is 57.5 Å². The van der Waals surface area contributed by atoms with Gasteiger partial charge in [0, 0.05) is 17.6 Å². The quantitative estimate of drug-likeness (QED) is 0.238. The average molecular weight is 642 g/mol. The van der Waals surface area contributed by atoms with E-state index >= 15 is 0 Å². The molecule has 0 spiro atoms. The Labute approximate surface area is 265 Å². The molecule has 3 aromatic carbocycles. The minimum Gasteiger partial charge on any atom is -0.497 e. The van der Waals surface area contributed by atoms with Crippen LogP contribution in [0.2, 0.25) is 5.02 Å². The standard InChI is InChI=1S/C33H40ClN3O6S/c1-4-29(33(39)35-26-10-6-7-11-26)36(22-24-14-18-27(42-3)19-15-24)32(38)23-37(30-12-8-9-13-31(30)43-5-2)44(40,41)28-20-16-25(34)17-21-28/h8-9,12-21,26,29H,4-7,10-11,22-23H2,1-3H3,(H,35,39)/t29-/m0/s1. The number of halogens is 1. The fraction of sp³-hybridized carbons (Fsp3) is 0.394. The highest BCUT2D eigenvalue weighted by Gasteiger charge is 2.35. The van der Waals surface area contributed by atoms with Gasteiger partial charge in [-0.2, -0.15) is 0 Å². The van der Waals surface area contributed by atoms with E-state index in [-0.39, 0.29) is 29.1 Å². The number of carbonyl (C=O) groups is 2. The molecule has 1 N–H and O–H groups in total. The topological polar surface area (TPSA) is 105 Å². The van der Waals surface area contributed by atoms with E-state index in [0.29, 0.717) is 29.5 Å². The van der Waals surface area contributed by atoms with Gasteiger partial charge in [-0.15, -0.1) is 0 Å². The number of sulfonamides is 1. The van der Waals surface area contributed by atoms with Crippen molar-refractivity contribution in [2.24, 2.45) is 0 Å². The predicted octanol–water partition coefficient (Wildman–Crippen LogP) is 5.81. The maximum Gasteiger partial charge on any atom is 0.264 e. The van der Waals surface area contributed by atoms with Gasteiger partial charge in [-0.25, -0.2) is 8.42 Å². The first-order chi connectivity index (χ1) is 21.2. The van der Waals surface area contributed by atoms with Crippen molar-refractivity contribution in [2.75, 3.05) is 24.6 Å². The summed E-state index contributed by atoms with van der Waals surface area (Å²) in [5.74, 6) is 0.194. The lowest BCUT2D eigenvalue weighted by atomic mass is 10.1. The molecular weight excluding hydrogens is 602 g/mol. The molecule has 0 saturated heterocycles. The fourth-order valence-corrected chi connectivity index (χ4v) is 6.95. The Morgan fingerprint density at radius 3 is 2.25 bits per heavy atom. The zero-order chi connectivity index (χ0) is 31.7. The van der Waals surface area contributed by atoms with Crippen molar-refractivity contribution in [3.8, 4) is 11.5 Å². The fourth-order valence-electron chi connectivity index (χ4n) is 5.40. The van der Waals surface area contributed by atoms with E-state index in [1.165, 1.54) is 29.2 Å². The Bertz CT molecular complexity index is 1510. The molecule has 1 saturated carbocycles. The number of hydrogen-bond acceptors (Lipinski definition) is 6. The molecule has 9 nitrogen and oxygen atoms in total. The number of amides is 2. The number of nitrogens with one attached hydrogen (secondary N) is 1. The number of ether oxygens (including phenoxy) is 2. The predicted molar refractivity (Wildman–Crippen MR) is 172 cm³/mol. The van der Waals surface area contributed by atoms with Gasteiger partial charge in [0.05, 0.1) is 24.3 Å². The van der Waals surface area contributed by atoms with E-state index in [1.807, 2.05) is 19.1 Å². The summed E-state index contributed by atoms with van der Waals surface area (Å²) in [6.07, 6.45) is 4.24. The van der Waals surface area contributed by atoms with Crippen LogP contribution in [0, 0.1) is 0 Å². The van der Waals surface area contributed by atoms with Crippen LogP contribution in [0.25, 0.3) is 0 Å². The molecule has 3 aromatic rings. The van der Waals surface area contributed by atoms with Crippen molar-refractivity contribution in [1.82, 2.24) is 10.2 Å². The van der Waals surface area contributed by atoms with E-state index < -0.39 is 28.5 Å². The minimum absolute atomic E-state index is 0.0336. The number of hydrogen-bond donors (Lipinski definition) is 1. The van der Waals surface area contributed by atoms with Crippen LogP contribution in [0.3, 0.4) is 0 Å². The van der Waals surface area contributed by atoms with Crippen LogP contribution in [0.5, 0.6) is 11.5 Å². The number of carbonyl (C=O) groups excluding carboxylic acids is 2. The molecule has 4 rings (SSSR count). The molecule has 0 bridgehead atoms. The van der Waals surface area contributed by atoms with Crippen LogP contribution in [0.4, 0.5) is 5.69 Å². The first kappa shape index (κ1) is 33.1. The number of anilines is 1. The Kier molecular flexibility index (Phi) is 11.5. The van der Waals surface area contributed by atoms with Crippen LogP contribution < -0.4 is 19.1 Å². The molecular formula is C33H40ClN3O6S. The van der Waals surface area contributed by atoms with E-state index in [2.05, 4.69) is 5.32 Å². The van der Waals surface area contributed by atoms with Crippen molar-refractivity contribution in [3.05, 3.63) is 83.4 Å². The van der Waals surface area contributed by atoms with Gasteiger partial charge >= 0.3 is 0 Å². The molecule has 1 aliphatic rings. The largest absolute Gasteiger partial charge is 0.497 e. The van der Waals surface area contributed by atoms with Gasteiger partial charge in [0.25, 0.3) is 10.0 Å². The Morgan fingerprint density at radius 1 is 0.977 bits per heavy atom. The first-order valence-electron chi connectivity index (χ1n) is 14.9. The van der Waals surface area contributed by atoms with Gasteiger partial charge in [0.2, 0.25) is 11.8 Å². The Morgan fingerprint density at radius 2 is 1.64 bits per heavy atom. The van der Waals surface area contributed by atoms with Crippen LogP contribution in [0.1, 0.15) is 51.5 Å². The van der Waals surface area contributed by atoms with Crippen molar-refractivity contribution < 1.29 is 27.5 Å². The first-order valence-corrected chi connectivity index (χ1v) is 16.7. The summed E-state index contributed by atoms with van der Waals surface area (Å²) in [6.45, 7) is 3.48. The Hall–Kier alpha value is -3.76. The zero-order valence-electron chi connectivity index (χ0n) is 25.4. The van der Waals surface area contributed by atoms with Crippen molar-refractivity contribution in [2.45, 2.75) is 69.5 Å². The highest BCUT2D eigenvalue weighted by molar-refractivity contribution is 7.92. The smallest absolute Gasteiger partial charge is 0.264 e. The summed E-state index contributed by atoms with van der Waals surface area (Å²) in [4.78, 5) is 29.4. The summed E-state index contributed by atoms with van der Waals surface area (Å²) in [7, 11) is -2.69.